The number of piperazine rings is 1. The number of benzene rings is 2. The van der Waals surface area contributed by atoms with Crippen LogP contribution in [0.1, 0.15) is 38.2 Å². The number of amides is 2. The first-order chi connectivity index (χ1) is 16.0. The largest absolute Gasteiger partial charge is 0.365 e. The van der Waals surface area contributed by atoms with E-state index in [4.69, 9.17) is 4.74 Å². The molecule has 3 aromatic rings. The van der Waals surface area contributed by atoms with Crippen LogP contribution in [0, 0.1) is 11.6 Å². The molecule has 0 aliphatic carbocycles. The Bertz CT molecular complexity index is 1190. The van der Waals surface area contributed by atoms with E-state index >= 15 is 0 Å². The molecule has 1 saturated heterocycles. The Morgan fingerprint density at radius 2 is 1.61 bits per heavy atom. The Balaban J connectivity index is 1.23. The second-order valence-corrected chi connectivity index (χ2v) is 8.01. The topological polar surface area (TPSA) is 80.6 Å². The summed E-state index contributed by atoms with van der Waals surface area (Å²) in [6, 6.07) is 11.7. The summed E-state index contributed by atoms with van der Waals surface area (Å²) in [7, 11) is 0. The molecule has 0 bridgehead atoms. The van der Waals surface area contributed by atoms with Gasteiger partial charge in [0.05, 0.1) is 18.8 Å². The fraction of sp³-hybridized carbons (Fsp3) is 0.304. The van der Waals surface area contributed by atoms with Gasteiger partial charge >= 0.3 is 0 Å². The number of halogens is 2. The van der Waals surface area contributed by atoms with Crippen molar-refractivity contribution < 1.29 is 23.1 Å². The Labute approximate surface area is 188 Å². The summed E-state index contributed by atoms with van der Waals surface area (Å²) in [6.45, 7) is 1.89. The molecular formula is C23H21F2N5O3. The van der Waals surface area contributed by atoms with Crippen molar-refractivity contribution in [2.75, 3.05) is 26.2 Å². The molecule has 170 valence electrons. The van der Waals surface area contributed by atoms with Crippen LogP contribution in [-0.4, -0.2) is 62.8 Å². The molecule has 2 aliphatic rings. The lowest BCUT2D eigenvalue weighted by atomic mass is 10.1. The number of nitrogens with zero attached hydrogens (tertiary/aromatic N) is 5. The maximum absolute atomic E-state index is 13.4. The van der Waals surface area contributed by atoms with Crippen LogP contribution in [-0.2, 0) is 17.9 Å². The van der Waals surface area contributed by atoms with Crippen LogP contribution in [0.25, 0.3) is 0 Å². The van der Waals surface area contributed by atoms with Gasteiger partial charge in [0, 0.05) is 31.7 Å². The summed E-state index contributed by atoms with van der Waals surface area (Å²) in [4.78, 5) is 28.9. The highest BCUT2D eigenvalue weighted by atomic mass is 19.1. The lowest BCUT2D eigenvalue weighted by molar-refractivity contribution is -0.00206. The third kappa shape index (κ3) is 4.21. The minimum atomic E-state index is -0.462. The summed E-state index contributed by atoms with van der Waals surface area (Å²) in [5.41, 5.74) is 1.94. The molecular weight excluding hydrogens is 432 g/mol. The third-order valence-corrected chi connectivity index (χ3v) is 5.97. The third-order valence-electron chi connectivity index (χ3n) is 5.97. The molecule has 5 rings (SSSR count). The first kappa shape index (κ1) is 21.2. The van der Waals surface area contributed by atoms with Crippen LogP contribution in [0.15, 0.2) is 48.5 Å². The van der Waals surface area contributed by atoms with E-state index in [-0.39, 0.29) is 41.6 Å². The van der Waals surface area contributed by atoms with E-state index in [0.717, 1.165) is 5.56 Å². The Morgan fingerprint density at radius 3 is 2.30 bits per heavy atom. The van der Waals surface area contributed by atoms with Crippen molar-refractivity contribution >= 4 is 11.8 Å². The monoisotopic (exact) mass is 453 g/mol. The Morgan fingerprint density at radius 1 is 0.909 bits per heavy atom. The van der Waals surface area contributed by atoms with Crippen LogP contribution >= 0.6 is 0 Å². The van der Waals surface area contributed by atoms with Gasteiger partial charge in [-0.25, -0.2) is 13.5 Å². The average Bonchev–Trinajstić information content (AvgIpc) is 3.27. The fourth-order valence-electron chi connectivity index (χ4n) is 4.12. The van der Waals surface area contributed by atoms with Gasteiger partial charge in [0.25, 0.3) is 11.8 Å². The minimum absolute atomic E-state index is 0.161. The van der Waals surface area contributed by atoms with Gasteiger partial charge < -0.3 is 14.5 Å². The summed E-state index contributed by atoms with van der Waals surface area (Å²) < 4.78 is 34.2. The lowest BCUT2D eigenvalue weighted by Gasteiger charge is -2.34. The molecule has 2 aromatic carbocycles. The van der Waals surface area contributed by atoms with Crippen molar-refractivity contribution in [3.63, 3.8) is 0 Å². The maximum Gasteiger partial charge on any atom is 0.276 e. The molecule has 1 atom stereocenters. The van der Waals surface area contributed by atoms with Crippen molar-refractivity contribution in [2.24, 2.45) is 0 Å². The summed E-state index contributed by atoms with van der Waals surface area (Å²) >= 11 is 0. The van der Waals surface area contributed by atoms with Crippen molar-refractivity contribution in [2.45, 2.75) is 19.3 Å². The van der Waals surface area contributed by atoms with Gasteiger partial charge in [0.2, 0.25) is 0 Å². The van der Waals surface area contributed by atoms with E-state index in [9.17, 15) is 18.4 Å². The fourth-order valence-corrected chi connectivity index (χ4v) is 4.12. The van der Waals surface area contributed by atoms with Crippen LogP contribution < -0.4 is 0 Å². The highest BCUT2D eigenvalue weighted by Gasteiger charge is 2.32. The number of aromatic nitrogens is 3. The van der Waals surface area contributed by atoms with Crippen molar-refractivity contribution in [3.8, 4) is 0 Å². The first-order valence-corrected chi connectivity index (χ1v) is 10.6. The van der Waals surface area contributed by atoms with E-state index in [1.165, 1.54) is 30.3 Å². The average molecular weight is 453 g/mol. The van der Waals surface area contributed by atoms with Gasteiger partial charge in [0.1, 0.15) is 17.7 Å². The van der Waals surface area contributed by atoms with Gasteiger partial charge in [-0.2, -0.15) is 0 Å². The quantitative estimate of drug-likeness (QED) is 0.609. The Hall–Kier alpha value is -3.66. The zero-order valence-corrected chi connectivity index (χ0v) is 17.7. The van der Waals surface area contributed by atoms with Gasteiger partial charge in [-0.3, -0.25) is 9.59 Å². The molecule has 8 nitrogen and oxygen atoms in total. The SMILES string of the molecule is O=C(c1cccc(F)c1)N1CCN(C(=O)c2nnn3c2CO[C@@H](c2ccc(F)cc2)C3)CC1. The smallest absolute Gasteiger partial charge is 0.276 e. The van der Waals surface area contributed by atoms with Crippen LogP contribution in [0.4, 0.5) is 8.78 Å². The van der Waals surface area contributed by atoms with Crippen LogP contribution in [0.3, 0.4) is 0 Å². The molecule has 0 N–H and O–H groups in total. The molecule has 10 heteroatoms. The molecule has 2 aliphatic heterocycles. The minimum Gasteiger partial charge on any atom is -0.365 e. The van der Waals surface area contributed by atoms with Gasteiger partial charge in [-0.1, -0.05) is 23.4 Å². The molecule has 3 heterocycles. The number of rotatable bonds is 3. The zero-order chi connectivity index (χ0) is 22.9. The highest BCUT2D eigenvalue weighted by Crippen LogP contribution is 2.27. The molecule has 33 heavy (non-hydrogen) atoms. The second kappa shape index (κ2) is 8.70. The molecule has 0 unspecified atom stereocenters. The number of carbonyl (C=O) groups is 2. The van der Waals surface area contributed by atoms with Gasteiger partial charge in [-0.15, -0.1) is 5.10 Å². The predicted molar refractivity (Wildman–Crippen MR) is 112 cm³/mol. The number of ether oxygens (including phenoxy) is 1. The lowest BCUT2D eigenvalue weighted by Crippen LogP contribution is -2.50. The van der Waals surface area contributed by atoms with Crippen LogP contribution in [0.5, 0.6) is 0 Å². The van der Waals surface area contributed by atoms with E-state index in [2.05, 4.69) is 10.3 Å². The summed E-state index contributed by atoms with van der Waals surface area (Å²) in [5.74, 6) is -1.31. The maximum atomic E-state index is 13.4. The Kier molecular flexibility index (Phi) is 5.59. The summed E-state index contributed by atoms with van der Waals surface area (Å²) in [5, 5.41) is 8.21. The molecule has 2 amide bonds. The van der Waals surface area contributed by atoms with Crippen molar-refractivity contribution in [1.29, 1.82) is 0 Å². The second-order valence-electron chi connectivity index (χ2n) is 8.01. The first-order valence-electron chi connectivity index (χ1n) is 10.6. The molecule has 1 aromatic heterocycles. The predicted octanol–water partition coefficient (Wildman–Crippen LogP) is 2.43. The molecule has 0 radical (unpaired) electrons. The van der Waals surface area contributed by atoms with E-state index < -0.39 is 5.82 Å². The van der Waals surface area contributed by atoms with Crippen molar-refractivity contribution in [3.05, 3.63) is 82.7 Å². The molecule has 0 spiro atoms. The van der Waals surface area contributed by atoms with Gasteiger partial charge in [-0.05, 0) is 35.9 Å². The standard InChI is InChI=1S/C23H21F2N5O3/c24-17-6-4-15(5-7-17)20-13-30-19(14-33-20)21(26-27-30)23(32)29-10-8-28(9-11-29)22(31)16-2-1-3-18(25)12-16/h1-7,12,20H,8-11,13-14H2/t20-/m1/s1. The molecule has 0 saturated carbocycles. The zero-order valence-electron chi connectivity index (χ0n) is 17.7. The highest BCUT2D eigenvalue weighted by molar-refractivity contribution is 5.95. The number of hydrogen-bond acceptors (Lipinski definition) is 5. The normalized spacial score (nSPS) is 18.2. The number of fused-ring (bicyclic) bond motifs is 1. The number of hydrogen-bond donors (Lipinski definition) is 0. The van der Waals surface area contributed by atoms with E-state index in [0.29, 0.717) is 38.4 Å². The van der Waals surface area contributed by atoms with Crippen molar-refractivity contribution in [1.82, 2.24) is 24.8 Å². The van der Waals surface area contributed by atoms with E-state index in [1.807, 2.05) is 0 Å². The van der Waals surface area contributed by atoms with Crippen LogP contribution in [0.2, 0.25) is 0 Å². The summed E-state index contributed by atoms with van der Waals surface area (Å²) in [6.07, 6.45) is -0.305. The number of carbonyl (C=O) groups excluding carboxylic acids is 2. The van der Waals surface area contributed by atoms with Gasteiger partial charge in [0.15, 0.2) is 5.69 Å². The van der Waals surface area contributed by atoms with E-state index in [1.54, 1.807) is 32.7 Å². The molecule has 1 fully saturated rings.